The van der Waals surface area contributed by atoms with Gasteiger partial charge in [-0.3, -0.25) is 4.79 Å². The van der Waals surface area contributed by atoms with Crippen molar-refractivity contribution in [1.82, 2.24) is 14.5 Å². The summed E-state index contributed by atoms with van der Waals surface area (Å²) in [4.78, 5) is 14.1. The largest absolute Gasteiger partial charge is 0.454 e. The van der Waals surface area contributed by atoms with Gasteiger partial charge in [0.2, 0.25) is 22.7 Å². The Labute approximate surface area is 141 Å². The number of carbonyl (C=O) groups excluding carboxylic acids is 1. The minimum absolute atomic E-state index is 0.0790. The number of nitrogens with zero attached hydrogens (tertiary/aromatic N) is 2. The molecule has 2 heterocycles. The van der Waals surface area contributed by atoms with Gasteiger partial charge in [-0.1, -0.05) is 0 Å². The van der Waals surface area contributed by atoms with Gasteiger partial charge in [0, 0.05) is 39.3 Å². The SMILES string of the molecule is Cc1cc2c(cc1S(=O)(=O)N(C)CC(=O)N1CCNCC1)OCO2. The van der Waals surface area contributed by atoms with Crippen LogP contribution in [0, 0.1) is 6.92 Å². The summed E-state index contributed by atoms with van der Waals surface area (Å²) in [7, 11) is -2.37. The first-order valence-electron chi connectivity index (χ1n) is 7.74. The Morgan fingerprint density at radius 2 is 1.88 bits per heavy atom. The Balaban J connectivity index is 1.78. The number of sulfonamides is 1. The zero-order valence-corrected chi connectivity index (χ0v) is 14.6. The third-order valence-corrected chi connectivity index (χ3v) is 6.13. The molecule has 1 aromatic carbocycles. The zero-order valence-electron chi connectivity index (χ0n) is 13.7. The molecule has 1 aromatic rings. The van der Waals surface area contributed by atoms with Crippen molar-refractivity contribution in [3.05, 3.63) is 17.7 Å². The maximum atomic E-state index is 12.8. The van der Waals surface area contributed by atoms with Crippen molar-refractivity contribution in [3.8, 4) is 11.5 Å². The van der Waals surface area contributed by atoms with Crippen LogP contribution in [0.3, 0.4) is 0 Å². The van der Waals surface area contributed by atoms with Gasteiger partial charge in [-0.05, 0) is 18.6 Å². The number of amides is 1. The predicted octanol–water partition coefficient (Wildman–Crippen LogP) is -0.224. The van der Waals surface area contributed by atoms with E-state index >= 15 is 0 Å². The van der Waals surface area contributed by atoms with Crippen LogP contribution in [0.15, 0.2) is 17.0 Å². The number of carbonyl (C=O) groups is 1. The minimum atomic E-state index is -3.79. The van der Waals surface area contributed by atoms with Crippen LogP contribution < -0.4 is 14.8 Å². The van der Waals surface area contributed by atoms with Crippen molar-refractivity contribution in [2.45, 2.75) is 11.8 Å². The molecule has 3 rings (SSSR count). The lowest BCUT2D eigenvalue weighted by molar-refractivity contribution is -0.131. The number of ether oxygens (including phenoxy) is 2. The van der Waals surface area contributed by atoms with E-state index in [0.29, 0.717) is 30.2 Å². The Kier molecular flexibility index (Phi) is 4.66. The summed E-state index contributed by atoms with van der Waals surface area (Å²) < 4.78 is 37.2. The van der Waals surface area contributed by atoms with Gasteiger partial charge in [-0.25, -0.2) is 8.42 Å². The fraction of sp³-hybridized carbons (Fsp3) is 0.533. The first-order chi connectivity index (χ1) is 11.4. The van der Waals surface area contributed by atoms with Crippen LogP contribution in [0.25, 0.3) is 0 Å². The molecule has 1 amide bonds. The summed E-state index contributed by atoms with van der Waals surface area (Å²) in [6, 6.07) is 3.10. The molecule has 0 unspecified atom stereocenters. The summed E-state index contributed by atoms with van der Waals surface area (Å²) in [6.45, 7) is 4.23. The van der Waals surface area contributed by atoms with Crippen molar-refractivity contribution in [2.75, 3.05) is 46.6 Å². The molecule has 132 valence electrons. The highest BCUT2D eigenvalue weighted by Gasteiger charge is 2.29. The lowest BCUT2D eigenvalue weighted by atomic mass is 10.2. The molecule has 0 saturated carbocycles. The van der Waals surface area contributed by atoms with Crippen molar-refractivity contribution in [1.29, 1.82) is 0 Å². The molecular formula is C15H21N3O5S. The number of aryl methyl sites for hydroxylation is 1. The number of piperazine rings is 1. The minimum Gasteiger partial charge on any atom is -0.454 e. The van der Waals surface area contributed by atoms with Gasteiger partial charge in [-0.15, -0.1) is 0 Å². The molecule has 0 radical (unpaired) electrons. The van der Waals surface area contributed by atoms with Gasteiger partial charge in [0.25, 0.3) is 0 Å². The molecule has 1 fully saturated rings. The van der Waals surface area contributed by atoms with Crippen LogP contribution in [0.4, 0.5) is 0 Å². The second-order valence-corrected chi connectivity index (χ2v) is 7.88. The van der Waals surface area contributed by atoms with Gasteiger partial charge in [0.15, 0.2) is 11.5 Å². The Bertz CT molecular complexity index is 744. The monoisotopic (exact) mass is 355 g/mol. The van der Waals surface area contributed by atoms with Crippen LogP contribution in [-0.4, -0.2) is 70.1 Å². The van der Waals surface area contributed by atoms with Crippen LogP contribution in [-0.2, 0) is 14.8 Å². The second-order valence-electron chi connectivity index (χ2n) is 5.86. The molecule has 0 spiro atoms. The van der Waals surface area contributed by atoms with Crippen molar-refractivity contribution >= 4 is 15.9 Å². The van der Waals surface area contributed by atoms with E-state index in [0.717, 1.165) is 17.4 Å². The topological polar surface area (TPSA) is 88.2 Å². The molecular weight excluding hydrogens is 334 g/mol. The molecule has 24 heavy (non-hydrogen) atoms. The van der Waals surface area contributed by atoms with Gasteiger partial charge < -0.3 is 19.7 Å². The van der Waals surface area contributed by atoms with Gasteiger partial charge in [0.05, 0.1) is 11.4 Å². The Morgan fingerprint density at radius 1 is 1.25 bits per heavy atom. The highest BCUT2D eigenvalue weighted by atomic mass is 32.2. The molecule has 1 saturated heterocycles. The maximum absolute atomic E-state index is 12.8. The van der Waals surface area contributed by atoms with E-state index in [1.807, 2.05) is 0 Å². The van der Waals surface area contributed by atoms with E-state index < -0.39 is 10.0 Å². The van der Waals surface area contributed by atoms with Crippen LogP contribution >= 0.6 is 0 Å². The lowest BCUT2D eigenvalue weighted by Crippen LogP contribution is -2.49. The van der Waals surface area contributed by atoms with E-state index in [1.54, 1.807) is 17.9 Å². The summed E-state index contributed by atoms with van der Waals surface area (Å²) in [5.74, 6) is 0.743. The van der Waals surface area contributed by atoms with E-state index in [4.69, 9.17) is 9.47 Å². The summed E-state index contributed by atoms with van der Waals surface area (Å²) >= 11 is 0. The quantitative estimate of drug-likeness (QED) is 0.803. The number of rotatable bonds is 4. The van der Waals surface area contributed by atoms with E-state index in [-0.39, 0.29) is 24.1 Å². The average molecular weight is 355 g/mol. The predicted molar refractivity (Wildman–Crippen MR) is 86.6 cm³/mol. The van der Waals surface area contributed by atoms with Crippen LogP contribution in [0.1, 0.15) is 5.56 Å². The first kappa shape index (κ1) is 17.0. The van der Waals surface area contributed by atoms with Gasteiger partial charge in [-0.2, -0.15) is 4.31 Å². The molecule has 2 aliphatic rings. The average Bonchev–Trinajstić information content (AvgIpc) is 3.01. The lowest BCUT2D eigenvalue weighted by Gasteiger charge is -2.29. The fourth-order valence-electron chi connectivity index (χ4n) is 2.76. The molecule has 0 aliphatic carbocycles. The van der Waals surface area contributed by atoms with Crippen molar-refractivity contribution in [2.24, 2.45) is 0 Å². The standard InChI is InChI=1S/C15H21N3O5S/c1-11-7-12-13(23-10-22-12)8-14(11)24(20,21)17(2)9-15(19)18-5-3-16-4-6-18/h7-8,16H,3-6,9-10H2,1-2H3. The number of fused-ring (bicyclic) bond motifs is 1. The number of nitrogens with one attached hydrogen (secondary N) is 1. The van der Waals surface area contributed by atoms with Gasteiger partial charge in [0.1, 0.15) is 0 Å². The highest BCUT2D eigenvalue weighted by Crippen LogP contribution is 2.36. The van der Waals surface area contributed by atoms with Gasteiger partial charge >= 0.3 is 0 Å². The molecule has 0 atom stereocenters. The summed E-state index contributed by atoms with van der Waals surface area (Å²) in [5.41, 5.74) is 0.556. The fourth-order valence-corrected chi connectivity index (χ4v) is 4.10. The number of hydrogen-bond acceptors (Lipinski definition) is 6. The van der Waals surface area contributed by atoms with Crippen molar-refractivity contribution < 1.29 is 22.7 Å². The molecule has 0 aromatic heterocycles. The maximum Gasteiger partial charge on any atom is 0.243 e. The highest BCUT2D eigenvalue weighted by molar-refractivity contribution is 7.89. The van der Waals surface area contributed by atoms with E-state index in [9.17, 15) is 13.2 Å². The molecule has 1 N–H and O–H groups in total. The first-order valence-corrected chi connectivity index (χ1v) is 9.18. The summed E-state index contributed by atoms with van der Waals surface area (Å²) in [5, 5.41) is 3.16. The molecule has 2 aliphatic heterocycles. The van der Waals surface area contributed by atoms with E-state index in [1.165, 1.54) is 13.1 Å². The Morgan fingerprint density at radius 3 is 2.54 bits per heavy atom. The Hall–Kier alpha value is -1.84. The number of likely N-dealkylation sites (N-methyl/N-ethyl adjacent to an activating group) is 1. The third kappa shape index (κ3) is 3.19. The van der Waals surface area contributed by atoms with E-state index in [2.05, 4.69) is 5.32 Å². The van der Waals surface area contributed by atoms with Crippen LogP contribution in [0.2, 0.25) is 0 Å². The van der Waals surface area contributed by atoms with Crippen LogP contribution in [0.5, 0.6) is 11.5 Å². The smallest absolute Gasteiger partial charge is 0.243 e. The molecule has 9 heteroatoms. The third-order valence-electron chi connectivity index (χ3n) is 4.19. The normalized spacial score (nSPS) is 17.4. The number of benzene rings is 1. The summed E-state index contributed by atoms with van der Waals surface area (Å²) in [6.07, 6.45) is 0. The van der Waals surface area contributed by atoms with Crippen molar-refractivity contribution in [3.63, 3.8) is 0 Å². The second kappa shape index (κ2) is 6.58. The number of hydrogen-bond donors (Lipinski definition) is 1. The zero-order chi connectivity index (χ0) is 17.3. The molecule has 8 nitrogen and oxygen atoms in total. The molecule has 0 bridgehead atoms.